The molecule has 2 rings (SSSR count). The van der Waals surface area contributed by atoms with E-state index in [0.29, 0.717) is 0 Å². The van der Waals surface area contributed by atoms with Gasteiger partial charge in [0.1, 0.15) is 10.6 Å². The summed E-state index contributed by atoms with van der Waals surface area (Å²) in [6, 6.07) is 9.12. The number of carbonyl (C=O) groups excluding carboxylic acids is 1. The molecule has 0 amide bonds. The highest BCUT2D eigenvalue weighted by atomic mass is 32.2. The third-order valence-corrected chi connectivity index (χ3v) is 5.92. The van der Waals surface area contributed by atoms with Crippen LogP contribution in [0.2, 0.25) is 0 Å². The standard InChI is InChI=1S/C16H17NO7S2/c1-23-14-9-8-13(25(3,19)20)10-15(14)26(21,22)17-12-6-4-11(5-7-12)16(18)24-2/h4-10,17H,1-3H3. The number of esters is 1. The van der Waals surface area contributed by atoms with Crippen LogP contribution in [0.4, 0.5) is 5.69 Å². The largest absolute Gasteiger partial charge is 0.495 e. The first-order chi connectivity index (χ1) is 12.1. The van der Waals surface area contributed by atoms with Gasteiger partial charge >= 0.3 is 5.97 Å². The minimum absolute atomic E-state index is 0.00363. The van der Waals surface area contributed by atoms with E-state index in [1.54, 1.807) is 0 Å². The van der Waals surface area contributed by atoms with E-state index in [9.17, 15) is 21.6 Å². The molecule has 8 nitrogen and oxygen atoms in total. The Balaban J connectivity index is 2.42. The van der Waals surface area contributed by atoms with Crippen LogP contribution in [0.1, 0.15) is 10.4 Å². The van der Waals surface area contributed by atoms with Crippen molar-refractivity contribution in [2.75, 3.05) is 25.2 Å². The Morgan fingerprint density at radius 2 is 1.58 bits per heavy atom. The summed E-state index contributed by atoms with van der Waals surface area (Å²) < 4.78 is 60.6. The second-order valence-corrected chi connectivity index (χ2v) is 8.93. The van der Waals surface area contributed by atoms with E-state index >= 15 is 0 Å². The minimum atomic E-state index is -4.13. The van der Waals surface area contributed by atoms with Crippen LogP contribution in [0.3, 0.4) is 0 Å². The van der Waals surface area contributed by atoms with E-state index in [1.807, 2.05) is 0 Å². The smallest absolute Gasteiger partial charge is 0.337 e. The van der Waals surface area contributed by atoms with Crippen molar-refractivity contribution in [1.29, 1.82) is 0 Å². The number of ether oxygens (including phenoxy) is 2. The van der Waals surface area contributed by atoms with Gasteiger partial charge in [0.2, 0.25) is 0 Å². The van der Waals surface area contributed by atoms with Crippen molar-refractivity contribution in [1.82, 2.24) is 0 Å². The lowest BCUT2D eigenvalue weighted by Gasteiger charge is -2.13. The van der Waals surface area contributed by atoms with Gasteiger partial charge in [-0.05, 0) is 42.5 Å². The summed E-state index contributed by atoms with van der Waals surface area (Å²) >= 11 is 0. The Labute approximate surface area is 151 Å². The highest BCUT2D eigenvalue weighted by molar-refractivity contribution is 7.93. The van der Waals surface area contributed by atoms with Crippen molar-refractivity contribution in [3.05, 3.63) is 48.0 Å². The summed E-state index contributed by atoms with van der Waals surface area (Å²) in [6.45, 7) is 0. The number of benzene rings is 2. The van der Waals surface area contributed by atoms with Gasteiger partial charge in [-0.25, -0.2) is 21.6 Å². The van der Waals surface area contributed by atoms with Gasteiger partial charge in [-0.1, -0.05) is 0 Å². The molecule has 0 aliphatic heterocycles. The SMILES string of the molecule is COC(=O)c1ccc(NS(=O)(=O)c2cc(S(C)(=O)=O)ccc2OC)cc1. The number of methoxy groups -OCH3 is 2. The summed E-state index contributed by atoms with van der Waals surface area (Å²) in [5, 5.41) is 0. The maximum atomic E-state index is 12.7. The van der Waals surface area contributed by atoms with Crippen LogP contribution in [-0.2, 0) is 24.6 Å². The van der Waals surface area contributed by atoms with Crippen molar-refractivity contribution in [3.8, 4) is 5.75 Å². The maximum absolute atomic E-state index is 12.7. The van der Waals surface area contributed by atoms with E-state index in [1.165, 1.54) is 50.6 Å². The number of hydrogen-bond acceptors (Lipinski definition) is 7. The molecule has 2 aromatic carbocycles. The van der Waals surface area contributed by atoms with Crippen LogP contribution in [-0.4, -0.2) is 43.3 Å². The maximum Gasteiger partial charge on any atom is 0.337 e. The molecule has 0 aromatic heterocycles. The molecule has 0 saturated carbocycles. The van der Waals surface area contributed by atoms with Crippen LogP contribution < -0.4 is 9.46 Å². The van der Waals surface area contributed by atoms with Gasteiger partial charge in [-0.2, -0.15) is 0 Å². The Morgan fingerprint density at radius 1 is 0.962 bits per heavy atom. The topological polar surface area (TPSA) is 116 Å². The monoisotopic (exact) mass is 399 g/mol. The Bertz CT molecular complexity index is 1030. The number of sulfone groups is 1. The van der Waals surface area contributed by atoms with Gasteiger partial charge in [0.25, 0.3) is 10.0 Å². The number of anilines is 1. The lowest BCUT2D eigenvalue weighted by Crippen LogP contribution is -2.15. The average molecular weight is 399 g/mol. The summed E-state index contributed by atoms with van der Waals surface area (Å²) in [5.41, 5.74) is 0.441. The van der Waals surface area contributed by atoms with Crippen molar-refractivity contribution >= 4 is 31.5 Å². The Morgan fingerprint density at radius 3 is 2.08 bits per heavy atom. The van der Waals surface area contributed by atoms with Gasteiger partial charge in [-0.3, -0.25) is 4.72 Å². The zero-order valence-corrected chi connectivity index (χ0v) is 15.8. The van der Waals surface area contributed by atoms with Crippen LogP contribution in [0.25, 0.3) is 0 Å². The lowest BCUT2D eigenvalue weighted by molar-refractivity contribution is 0.0600. The molecule has 1 N–H and O–H groups in total. The molecular formula is C16H17NO7S2. The molecule has 0 radical (unpaired) electrons. The van der Waals surface area contributed by atoms with E-state index in [4.69, 9.17) is 4.74 Å². The van der Waals surface area contributed by atoms with Crippen LogP contribution in [0.5, 0.6) is 5.75 Å². The van der Waals surface area contributed by atoms with E-state index in [2.05, 4.69) is 9.46 Å². The molecule has 0 fully saturated rings. The lowest BCUT2D eigenvalue weighted by atomic mass is 10.2. The van der Waals surface area contributed by atoms with Gasteiger partial charge in [-0.15, -0.1) is 0 Å². The third kappa shape index (κ3) is 4.33. The summed E-state index contributed by atoms with van der Waals surface area (Å²) in [6.07, 6.45) is 0.976. The van der Waals surface area contributed by atoms with E-state index in [-0.39, 0.29) is 26.8 Å². The number of sulfonamides is 1. The molecule has 0 bridgehead atoms. The molecule has 0 atom stereocenters. The molecule has 0 spiro atoms. The quantitative estimate of drug-likeness (QED) is 0.735. The van der Waals surface area contributed by atoms with Crippen molar-refractivity contribution < 1.29 is 31.1 Å². The molecule has 0 aliphatic carbocycles. The minimum Gasteiger partial charge on any atom is -0.495 e. The summed E-state index contributed by atoms with van der Waals surface area (Å²) in [4.78, 5) is 10.9. The summed E-state index contributed by atoms with van der Waals surface area (Å²) in [7, 11) is -5.22. The molecule has 0 unspecified atom stereocenters. The molecule has 0 saturated heterocycles. The molecule has 0 aliphatic rings. The molecule has 26 heavy (non-hydrogen) atoms. The van der Waals surface area contributed by atoms with Gasteiger partial charge in [0.15, 0.2) is 9.84 Å². The first kappa shape index (κ1) is 19.7. The van der Waals surface area contributed by atoms with Crippen LogP contribution in [0.15, 0.2) is 52.3 Å². The fourth-order valence-electron chi connectivity index (χ4n) is 2.10. The fraction of sp³-hybridized carbons (Fsp3) is 0.188. The average Bonchev–Trinajstić information content (AvgIpc) is 2.60. The number of nitrogens with one attached hydrogen (secondary N) is 1. The second-order valence-electron chi connectivity index (χ2n) is 5.26. The van der Waals surface area contributed by atoms with E-state index < -0.39 is 25.8 Å². The molecule has 0 heterocycles. The van der Waals surface area contributed by atoms with Gasteiger partial charge in [0.05, 0.1) is 24.7 Å². The zero-order valence-electron chi connectivity index (χ0n) is 14.2. The van der Waals surface area contributed by atoms with Crippen LogP contribution in [0, 0.1) is 0 Å². The highest BCUT2D eigenvalue weighted by Gasteiger charge is 2.22. The molecule has 2 aromatic rings. The zero-order chi connectivity index (χ0) is 19.5. The number of carbonyl (C=O) groups is 1. The predicted molar refractivity (Wildman–Crippen MR) is 94.7 cm³/mol. The normalized spacial score (nSPS) is 11.7. The fourth-order valence-corrected chi connectivity index (χ4v) is 4.08. The van der Waals surface area contributed by atoms with E-state index in [0.717, 1.165) is 12.3 Å². The number of hydrogen-bond donors (Lipinski definition) is 1. The van der Waals surface area contributed by atoms with Crippen molar-refractivity contribution in [3.63, 3.8) is 0 Å². The van der Waals surface area contributed by atoms with Gasteiger partial charge < -0.3 is 9.47 Å². The van der Waals surface area contributed by atoms with Crippen molar-refractivity contribution in [2.24, 2.45) is 0 Å². The number of rotatable bonds is 6. The summed E-state index contributed by atoms with van der Waals surface area (Å²) in [5.74, 6) is -0.557. The Kier molecular flexibility index (Phi) is 5.57. The second kappa shape index (κ2) is 7.34. The van der Waals surface area contributed by atoms with Crippen LogP contribution >= 0.6 is 0 Å². The highest BCUT2D eigenvalue weighted by Crippen LogP contribution is 2.28. The van der Waals surface area contributed by atoms with Crippen molar-refractivity contribution in [2.45, 2.75) is 9.79 Å². The first-order valence-electron chi connectivity index (χ1n) is 7.18. The first-order valence-corrected chi connectivity index (χ1v) is 10.6. The molecule has 140 valence electrons. The third-order valence-electron chi connectivity index (χ3n) is 3.41. The molecule has 10 heteroatoms. The van der Waals surface area contributed by atoms with Gasteiger partial charge in [0, 0.05) is 11.9 Å². The molecular weight excluding hydrogens is 382 g/mol. The Hall–Kier alpha value is -2.59. The predicted octanol–water partition coefficient (Wildman–Crippen LogP) is 1.69.